The van der Waals surface area contributed by atoms with Crippen molar-refractivity contribution in [1.29, 1.82) is 0 Å². The maximum Gasteiger partial charge on any atom is 0.250 e. The number of nitrogens with zero attached hydrogens (tertiary/aromatic N) is 1. The van der Waals surface area contributed by atoms with E-state index in [-0.39, 0.29) is 17.9 Å². The zero-order valence-electron chi connectivity index (χ0n) is 16.7. The molecule has 1 spiro atoms. The highest BCUT2D eigenvalue weighted by Crippen LogP contribution is 2.55. The summed E-state index contributed by atoms with van der Waals surface area (Å²) in [5.74, 6) is -0.485. The summed E-state index contributed by atoms with van der Waals surface area (Å²) in [5.41, 5.74) is 3.04. The van der Waals surface area contributed by atoms with Crippen LogP contribution in [0, 0.1) is 5.92 Å². The average molecular weight is 400 g/mol. The Morgan fingerprint density at radius 2 is 2.07 bits per heavy atom. The van der Waals surface area contributed by atoms with Crippen molar-refractivity contribution in [3.05, 3.63) is 65.9 Å². The number of hydrogen-bond donors (Lipinski definition) is 3. The van der Waals surface area contributed by atoms with Crippen molar-refractivity contribution in [2.75, 3.05) is 11.9 Å². The normalized spacial score (nSPS) is 27.4. The maximum absolute atomic E-state index is 13.5. The van der Waals surface area contributed by atoms with Crippen LogP contribution in [0.25, 0.3) is 10.9 Å². The van der Waals surface area contributed by atoms with Gasteiger partial charge in [0, 0.05) is 40.9 Å². The van der Waals surface area contributed by atoms with Gasteiger partial charge >= 0.3 is 0 Å². The minimum Gasteiger partial charge on any atom is -0.361 e. The summed E-state index contributed by atoms with van der Waals surface area (Å²) < 4.78 is 0. The number of nitrogens with one attached hydrogen (secondary N) is 3. The standard InChI is InChI=1S/C24H24N4O2/c29-22(26-14-15-5-3-9-20-17(15)10-11-25-20)19-13-16-6-4-12-28(16)24(19)18-7-1-2-8-21(18)27-23(24)30/h1-3,5,7-11,16,19,25H,4,6,12-14H2,(H,26,29)(H,27,30)/t16-,19+,24+/m1/s1. The van der Waals surface area contributed by atoms with Crippen molar-refractivity contribution in [2.24, 2.45) is 5.92 Å². The number of benzene rings is 2. The molecule has 0 saturated carbocycles. The van der Waals surface area contributed by atoms with Crippen LogP contribution < -0.4 is 10.6 Å². The van der Waals surface area contributed by atoms with E-state index in [4.69, 9.17) is 0 Å². The zero-order chi connectivity index (χ0) is 20.3. The molecule has 0 radical (unpaired) electrons. The number of rotatable bonds is 3. The Kier molecular flexibility index (Phi) is 3.80. The summed E-state index contributed by atoms with van der Waals surface area (Å²) in [6.07, 6.45) is 4.76. The molecule has 3 aliphatic rings. The molecular formula is C24H24N4O2. The quantitative estimate of drug-likeness (QED) is 0.632. The van der Waals surface area contributed by atoms with E-state index >= 15 is 0 Å². The topological polar surface area (TPSA) is 77.2 Å². The number of aromatic amines is 1. The molecule has 4 heterocycles. The Morgan fingerprint density at radius 3 is 3.00 bits per heavy atom. The van der Waals surface area contributed by atoms with Crippen molar-refractivity contribution < 1.29 is 9.59 Å². The molecule has 6 nitrogen and oxygen atoms in total. The predicted molar refractivity (Wildman–Crippen MR) is 115 cm³/mol. The fraction of sp³-hybridized carbons (Fsp3) is 0.333. The monoisotopic (exact) mass is 400 g/mol. The van der Waals surface area contributed by atoms with E-state index in [9.17, 15) is 9.59 Å². The first-order chi connectivity index (χ1) is 14.7. The highest BCUT2D eigenvalue weighted by Gasteiger charge is 2.65. The lowest BCUT2D eigenvalue weighted by Crippen LogP contribution is -2.54. The first-order valence-electron chi connectivity index (χ1n) is 10.7. The van der Waals surface area contributed by atoms with Crippen LogP contribution in [0.1, 0.15) is 30.4 Å². The van der Waals surface area contributed by atoms with Crippen LogP contribution >= 0.6 is 0 Å². The van der Waals surface area contributed by atoms with Crippen LogP contribution in [-0.2, 0) is 21.7 Å². The van der Waals surface area contributed by atoms with Gasteiger partial charge in [0.2, 0.25) is 11.8 Å². The first kappa shape index (κ1) is 17.7. The second kappa shape index (κ2) is 6.44. The van der Waals surface area contributed by atoms with Crippen molar-refractivity contribution in [3.63, 3.8) is 0 Å². The van der Waals surface area contributed by atoms with E-state index in [0.29, 0.717) is 6.54 Å². The number of para-hydroxylation sites is 1. The minimum absolute atomic E-state index is 0.0382. The predicted octanol–water partition coefficient (Wildman–Crippen LogP) is 3.12. The van der Waals surface area contributed by atoms with Gasteiger partial charge in [-0.25, -0.2) is 0 Å². The molecule has 0 unspecified atom stereocenters. The minimum atomic E-state index is -0.887. The number of amides is 2. The van der Waals surface area contributed by atoms with E-state index in [2.05, 4.69) is 20.5 Å². The smallest absolute Gasteiger partial charge is 0.250 e. The van der Waals surface area contributed by atoms with E-state index in [0.717, 1.165) is 53.5 Å². The summed E-state index contributed by atoms with van der Waals surface area (Å²) >= 11 is 0. The van der Waals surface area contributed by atoms with Crippen LogP contribution in [0.5, 0.6) is 0 Å². The van der Waals surface area contributed by atoms with E-state index in [1.54, 1.807) is 0 Å². The van der Waals surface area contributed by atoms with Crippen LogP contribution in [-0.4, -0.2) is 34.3 Å². The van der Waals surface area contributed by atoms with Gasteiger partial charge in [-0.2, -0.15) is 0 Å². The van der Waals surface area contributed by atoms with Crippen molar-refractivity contribution in [2.45, 2.75) is 37.4 Å². The molecule has 2 fully saturated rings. The summed E-state index contributed by atoms with van der Waals surface area (Å²) in [6, 6.07) is 16.2. The van der Waals surface area contributed by atoms with Gasteiger partial charge in [-0.15, -0.1) is 0 Å². The maximum atomic E-state index is 13.5. The van der Waals surface area contributed by atoms with Gasteiger partial charge in [-0.1, -0.05) is 30.3 Å². The van der Waals surface area contributed by atoms with Crippen LogP contribution in [0.3, 0.4) is 0 Å². The largest absolute Gasteiger partial charge is 0.361 e. The van der Waals surface area contributed by atoms with Gasteiger partial charge in [0.1, 0.15) is 5.54 Å². The van der Waals surface area contributed by atoms with E-state index < -0.39 is 11.5 Å². The molecule has 3 atom stereocenters. The summed E-state index contributed by atoms with van der Waals surface area (Å²) in [5, 5.41) is 7.33. The molecule has 2 aromatic carbocycles. The number of anilines is 1. The Hall–Kier alpha value is -3.12. The fourth-order valence-corrected chi connectivity index (χ4v) is 5.99. The number of hydrogen-bond acceptors (Lipinski definition) is 3. The van der Waals surface area contributed by atoms with Crippen molar-refractivity contribution in [3.8, 4) is 0 Å². The lowest BCUT2D eigenvalue weighted by atomic mass is 9.78. The molecule has 3 aromatic rings. The lowest BCUT2D eigenvalue weighted by Gasteiger charge is -2.36. The van der Waals surface area contributed by atoms with Crippen molar-refractivity contribution >= 4 is 28.4 Å². The molecule has 3 aliphatic heterocycles. The number of H-pyrrole nitrogens is 1. The third kappa shape index (κ3) is 2.28. The van der Waals surface area contributed by atoms with Gasteiger partial charge in [-0.3, -0.25) is 14.5 Å². The second-order valence-electron chi connectivity index (χ2n) is 8.62. The first-order valence-corrected chi connectivity index (χ1v) is 10.7. The molecule has 2 saturated heterocycles. The van der Waals surface area contributed by atoms with Gasteiger partial charge in [0.05, 0.1) is 5.92 Å². The molecule has 30 heavy (non-hydrogen) atoms. The van der Waals surface area contributed by atoms with Crippen LogP contribution in [0.15, 0.2) is 54.7 Å². The van der Waals surface area contributed by atoms with Gasteiger partial charge in [-0.05, 0) is 49.6 Å². The molecular weight excluding hydrogens is 376 g/mol. The molecule has 3 N–H and O–H groups in total. The molecule has 0 bridgehead atoms. The van der Waals surface area contributed by atoms with Crippen LogP contribution in [0.4, 0.5) is 5.69 Å². The van der Waals surface area contributed by atoms with E-state index in [1.165, 1.54) is 0 Å². The Labute approximate surface area is 174 Å². The lowest BCUT2D eigenvalue weighted by molar-refractivity contribution is -0.137. The Balaban J connectivity index is 1.35. The molecule has 6 heteroatoms. The highest BCUT2D eigenvalue weighted by molar-refractivity contribution is 6.09. The molecule has 0 aliphatic carbocycles. The third-order valence-corrected chi connectivity index (χ3v) is 7.23. The molecule has 6 rings (SSSR count). The number of carbonyl (C=O) groups excluding carboxylic acids is 2. The molecule has 2 amide bonds. The van der Waals surface area contributed by atoms with Crippen LogP contribution in [0.2, 0.25) is 0 Å². The SMILES string of the molecule is O=C(NCc1cccc2[nH]ccc12)[C@@H]1C[C@H]2CCCN2[C@]12C(=O)Nc1ccccc12. The highest BCUT2D eigenvalue weighted by atomic mass is 16.2. The fourth-order valence-electron chi connectivity index (χ4n) is 5.99. The molecule has 1 aromatic heterocycles. The van der Waals surface area contributed by atoms with Crippen molar-refractivity contribution in [1.82, 2.24) is 15.2 Å². The summed E-state index contributed by atoms with van der Waals surface area (Å²) in [4.78, 5) is 32.4. The zero-order valence-corrected chi connectivity index (χ0v) is 16.7. The van der Waals surface area contributed by atoms with Gasteiger partial charge in [0.15, 0.2) is 0 Å². The van der Waals surface area contributed by atoms with Gasteiger partial charge < -0.3 is 15.6 Å². The Bertz CT molecular complexity index is 1170. The summed E-state index contributed by atoms with van der Waals surface area (Å²) in [7, 11) is 0. The summed E-state index contributed by atoms with van der Waals surface area (Å²) in [6.45, 7) is 1.31. The average Bonchev–Trinajstić information content (AvgIpc) is 3.51. The second-order valence-corrected chi connectivity index (χ2v) is 8.62. The Morgan fingerprint density at radius 1 is 1.17 bits per heavy atom. The molecule has 152 valence electrons. The van der Waals surface area contributed by atoms with Gasteiger partial charge in [0.25, 0.3) is 0 Å². The number of carbonyl (C=O) groups is 2. The van der Waals surface area contributed by atoms with E-state index in [1.807, 2.05) is 54.7 Å². The number of aromatic nitrogens is 1. The third-order valence-electron chi connectivity index (χ3n) is 7.23. The number of fused-ring (bicyclic) bond motifs is 5.